The fourth-order valence-corrected chi connectivity index (χ4v) is 4.49. The lowest BCUT2D eigenvalue weighted by Gasteiger charge is -2.19. The Morgan fingerprint density at radius 2 is 1.88 bits per heavy atom. The lowest BCUT2D eigenvalue weighted by atomic mass is 9.86. The van der Waals surface area contributed by atoms with Crippen LogP contribution >= 0.6 is 15.9 Å². The summed E-state index contributed by atoms with van der Waals surface area (Å²) in [5.41, 5.74) is 4.61. The first-order chi connectivity index (χ1) is 11.7. The second-order valence-corrected chi connectivity index (χ2v) is 7.45. The average Bonchev–Trinajstić information content (AvgIpc) is 2.60. The highest BCUT2D eigenvalue weighted by atomic mass is 79.9. The second kappa shape index (κ2) is 6.25. The van der Waals surface area contributed by atoms with Gasteiger partial charge in [-0.3, -0.25) is 0 Å². The van der Waals surface area contributed by atoms with Gasteiger partial charge in [0.25, 0.3) is 0 Å². The largest absolute Gasteiger partial charge is 0.488 e. The monoisotopic (exact) mass is 380 g/mol. The van der Waals surface area contributed by atoms with Crippen LogP contribution in [0.3, 0.4) is 0 Å². The fraction of sp³-hybridized carbons (Fsp3) is 0.273. The molecule has 0 amide bonds. The van der Waals surface area contributed by atoms with Gasteiger partial charge in [0.1, 0.15) is 12.4 Å². The van der Waals surface area contributed by atoms with Crippen molar-refractivity contribution in [3.8, 4) is 5.75 Å². The number of fused-ring (bicyclic) bond motifs is 4. The Labute approximate surface area is 150 Å². The Morgan fingerprint density at radius 1 is 1.08 bits per heavy atom. The van der Waals surface area contributed by atoms with Crippen LogP contribution < -0.4 is 15.2 Å². The highest BCUT2D eigenvalue weighted by Crippen LogP contribution is 2.25. The molecule has 0 N–H and O–H groups in total. The molecular formula is C22H21BrO. The maximum Gasteiger partial charge on any atom is 0.141 e. The molecule has 122 valence electrons. The molecule has 0 aliphatic heterocycles. The van der Waals surface area contributed by atoms with E-state index in [9.17, 15) is 0 Å². The van der Waals surface area contributed by atoms with Gasteiger partial charge in [-0.2, -0.15) is 0 Å². The molecule has 4 rings (SSSR count). The van der Waals surface area contributed by atoms with Crippen molar-refractivity contribution in [2.24, 2.45) is 0 Å². The molecule has 0 aromatic heterocycles. The summed E-state index contributed by atoms with van der Waals surface area (Å²) in [6.45, 7) is 6.56. The van der Waals surface area contributed by atoms with E-state index in [1.807, 2.05) is 0 Å². The van der Waals surface area contributed by atoms with E-state index in [-0.39, 0.29) is 0 Å². The number of hydrogen-bond donors (Lipinski definition) is 0. The molecule has 0 fully saturated rings. The van der Waals surface area contributed by atoms with E-state index in [1.165, 1.54) is 51.3 Å². The van der Waals surface area contributed by atoms with E-state index in [4.69, 9.17) is 4.74 Å². The molecule has 0 bridgehead atoms. The molecule has 0 spiro atoms. The third-order valence-corrected chi connectivity index (χ3v) is 5.79. The van der Waals surface area contributed by atoms with Gasteiger partial charge in [0.05, 0.1) is 4.47 Å². The standard InChI is InChI=1S/C22H21BrO/c1-3-13-24-22-20-10-9-17-16-6-4-5-14(2)15(16)7-8-18(17)19(20)11-12-21(22)23/h3,7-8,10-12H,1,4-6,9,13H2,2H3. The van der Waals surface area contributed by atoms with Crippen molar-refractivity contribution < 1.29 is 4.74 Å². The van der Waals surface area contributed by atoms with Crippen LogP contribution in [0.1, 0.15) is 30.9 Å². The predicted molar refractivity (Wildman–Crippen MR) is 103 cm³/mol. The van der Waals surface area contributed by atoms with Crippen molar-refractivity contribution in [3.63, 3.8) is 0 Å². The number of benzene rings is 2. The minimum Gasteiger partial charge on any atom is -0.488 e. The molecule has 2 heteroatoms. The highest BCUT2D eigenvalue weighted by Gasteiger charge is 2.15. The number of halogens is 1. The van der Waals surface area contributed by atoms with E-state index in [2.05, 4.69) is 59.8 Å². The van der Waals surface area contributed by atoms with E-state index < -0.39 is 0 Å². The van der Waals surface area contributed by atoms with Gasteiger partial charge in [0.15, 0.2) is 0 Å². The van der Waals surface area contributed by atoms with Gasteiger partial charge < -0.3 is 4.74 Å². The van der Waals surface area contributed by atoms with Crippen LogP contribution in [0, 0.1) is 10.4 Å². The zero-order chi connectivity index (χ0) is 16.7. The molecule has 2 aliphatic rings. The second-order valence-electron chi connectivity index (χ2n) is 6.60. The Hall–Kier alpha value is -1.80. The normalized spacial score (nSPS) is 15.0. The Bertz CT molecular complexity index is 1050. The summed E-state index contributed by atoms with van der Waals surface area (Å²) in [6.07, 6.45) is 8.81. The summed E-state index contributed by atoms with van der Waals surface area (Å²) in [7, 11) is 0. The third kappa shape index (κ3) is 2.44. The molecule has 2 aromatic rings. The van der Waals surface area contributed by atoms with Crippen LogP contribution in [-0.4, -0.2) is 6.61 Å². The quantitative estimate of drug-likeness (QED) is 0.726. The molecule has 1 nitrogen and oxygen atoms in total. The number of rotatable bonds is 3. The summed E-state index contributed by atoms with van der Waals surface area (Å²) in [6, 6.07) is 8.93. The van der Waals surface area contributed by atoms with Gasteiger partial charge in [0, 0.05) is 5.22 Å². The van der Waals surface area contributed by atoms with Crippen LogP contribution in [0.2, 0.25) is 0 Å². The summed E-state index contributed by atoms with van der Waals surface area (Å²) in [5.74, 6) is 0.929. The molecule has 2 aromatic carbocycles. The van der Waals surface area contributed by atoms with Crippen LogP contribution in [0.4, 0.5) is 0 Å². The average molecular weight is 381 g/mol. The lowest BCUT2D eigenvalue weighted by molar-refractivity contribution is 0.357. The number of ether oxygens (including phenoxy) is 1. The van der Waals surface area contributed by atoms with Crippen molar-refractivity contribution >= 4 is 27.6 Å². The molecule has 0 radical (unpaired) electrons. The van der Waals surface area contributed by atoms with E-state index >= 15 is 0 Å². The van der Waals surface area contributed by atoms with E-state index in [0.29, 0.717) is 6.61 Å². The molecule has 0 atom stereocenters. The minimum atomic E-state index is 0.522. The highest BCUT2D eigenvalue weighted by molar-refractivity contribution is 9.10. The molecule has 0 unspecified atom stereocenters. The summed E-state index contributed by atoms with van der Waals surface area (Å²) < 4.78 is 6.93. The van der Waals surface area contributed by atoms with E-state index in [1.54, 1.807) is 11.6 Å². The van der Waals surface area contributed by atoms with Crippen molar-refractivity contribution in [2.75, 3.05) is 6.61 Å². The first-order valence-corrected chi connectivity index (χ1v) is 9.37. The maximum atomic E-state index is 5.93. The van der Waals surface area contributed by atoms with Crippen molar-refractivity contribution in [3.05, 3.63) is 73.4 Å². The van der Waals surface area contributed by atoms with Gasteiger partial charge in [0.2, 0.25) is 0 Å². The summed E-state index contributed by atoms with van der Waals surface area (Å²) in [4.78, 5) is 0. The van der Waals surface area contributed by atoms with Gasteiger partial charge in [-0.05, 0) is 81.4 Å². The Balaban J connectivity index is 2.09. The first-order valence-electron chi connectivity index (χ1n) is 8.58. The van der Waals surface area contributed by atoms with Crippen LogP contribution in [0.25, 0.3) is 11.6 Å². The topological polar surface area (TPSA) is 9.23 Å². The van der Waals surface area contributed by atoms with Crippen molar-refractivity contribution in [2.45, 2.75) is 32.6 Å². The SMILES string of the molecule is C=CCOc1c(Br)ccc2c1=CCc1c3c(ccc1=2)=C(C)CCC3. The van der Waals surface area contributed by atoms with Gasteiger partial charge in [-0.1, -0.05) is 42.5 Å². The van der Waals surface area contributed by atoms with Crippen LogP contribution in [-0.2, 0) is 12.8 Å². The fourth-order valence-electron chi connectivity index (χ4n) is 4.03. The molecule has 0 saturated carbocycles. The summed E-state index contributed by atoms with van der Waals surface area (Å²) in [5, 5.41) is 5.34. The van der Waals surface area contributed by atoms with Crippen LogP contribution in [0.5, 0.6) is 5.75 Å². The van der Waals surface area contributed by atoms with Gasteiger partial charge >= 0.3 is 0 Å². The zero-order valence-electron chi connectivity index (χ0n) is 14.0. The van der Waals surface area contributed by atoms with E-state index in [0.717, 1.165) is 16.6 Å². The Kier molecular flexibility index (Phi) is 4.09. The Morgan fingerprint density at radius 3 is 2.71 bits per heavy atom. The van der Waals surface area contributed by atoms with Crippen molar-refractivity contribution in [1.29, 1.82) is 0 Å². The molecule has 24 heavy (non-hydrogen) atoms. The molecule has 0 heterocycles. The minimum absolute atomic E-state index is 0.522. The van der Waals surface area contributed by atoms with Gasteiger partial charge in [-0.25, -0.2) is 0 Å². The van der Waals surface area contributed by atoms with Crippen molar-refractivity contribution in [1.82, 2.24) is 0 Å². The third-order valence-electron chi connectivity index (χ3n) is 5.16. The van der Waals surface area contributed by atoms with Crippen LogP contribution in [0.15, 0.2) is 41.4 Å². The predicted octanol–water partition coefficient (Wildman–Crippen LogP) is 4.14. The summed E-state index contributed by atoms with van der Waals surface area (Å²) >= 11 is 3.63. The maximum absolute atomic E-state index is 5.93. The molecular weight excluding hydrogens is 360 g/mol. The zero-order valence-corrected chi connectivity index (χ0v) is 15.6. The first kappa shape index (κ1) is 15.7. The molecule has 0 saturated heterocycles. The number of hydrogen-bond acceptors (Lipinski definition) is 1. The molecule has 2 aliphatic carbocycles. The lowest BCUT2D eigenvalue weighted by Crippen LogP contribution is -2.22. The smallest absolute Gasteiger partial charge is 0.141 e. The van der Waals surface area contributed by atoms with Gasteiger partial charge in [-0.15, -0.1) is 0 Å².